The van der Waals surface area contributed by atoms with Gasteiger partial charge in [-0.1, -0.05) is 12.3 Å². The van der Waals surface area contributed by atoms with E-state index in [4.69, 9.17) is 11.2 Å². The van der Waals surface area contributed by atoms with Crippen LogP contribution in [0, 0.1) is 12.3 Å². The van der Waals surface area contributed by atoms with Gasteiger partial charge in [-0.25, -0.2) is 26.9 Å². The minimum Gasteiger partial charge on any atom is -0.471 e. The summed E-state index contributed by atoms with van der Waals surface area (Å²) in [5.74, 6) is 0.0157. The van der Waals surface area contributed by atoms with Crippen LogP contribution < -0.4 is 14.8 Å². The summed E-state index contributed by atoms with van der Waals surface area (Å²) in [6, 6.07) is 4.95. The average molecular weight is 479 g/mol. The molecule has 176 valence electrons. The van der Waals surface area contributed by atoms with Crippen molar-refractivity contribution < 1.29 is 27.0 Å². The summed E-state index contributed by atoms with van der Waals surface area (Å²) >= 11 is 0. The van der Waals surface area contributed by atoms with Crippen molar-refractivity contribution >= 4 is 21.7 Å². The number of benzene rings is 1. The smallest absolute Gasteiger partial charge is 0.251 e. The second kappa shape index (κ2) is 9.21. The molecule has 0 amide bonds. The number of aliphatic hydroxyl groups excluding tert-OH is 1. The number of aromatic nitrogens is 2. The molecule has 4 rings (SSSR count). The second-order valence-electron chi connectivity index (χ2n) is 8.30. The third-order valence-electron chi connectivity index (χ3n) is 5.67. The maximum Gasteiger partial charge on any atom is 0.251 e. The molecule has 2 atom stereocenters. The van der Waals surface area contributed by atoms with E-state index >= 15 is 0 Å². The van der Waals surface area contributed by atoms with Crippen molar-refractivity contribution in [3.63, 3.8) is 0 Å². The summed E-state index contributed by atoms with van der Waals surface area (Å²) in [5, 5.41) is 13.1. The summed E-state index contributed by atoms with van der Waals surface area (Å²) in [5.41, 5.74) is 0.855. The highest BCUT2D eigenvalue weighted by atomic mass is 32.2. The number of ether oxygens (including phenoxy) is 1. The van der Waals surface area contributed by atoms with E-state index in [1.165, 1.54) is 30.5 Å². The molecule has 2 fully saturated rings. The lowest BCUT2D eigenvalue weighted by atomic mass is 9.89. The van der Waals surface area contributed by atoms with Crippen LogP contribution in [0.1, 0.15) is 44.1 Å². The lowest BCUT2D eigenvalue weighted by Crippen LogP contribution is -2.50. The monoisotopic (exact) mass is 478 g/mol. The Morgan fingerprint density at radius 1 is 1.18 bits per heavy atom. The molecule has 0 radical (unpaired) electrons. The number of nitrogens with one attached hydrogen (secondary N) is 2. The Bertz CT molecular complexity index is 1140. The minimum atomic E-state index is -3.91. The molecule has 2 saturated carbocycles. The molecule has 2 aliphatic rings. The first-order valence-corrected chi connectivity index (χ1v) is 12.1. The van der Waals surface area contributed by atoms with Gasteiger partial charge in [0.05, 0.1) is 17.2 Å². The fourth-order valence-electron chi connectivity index (χ4n) is 3.85. The van der Waals surface area contributed by atoms with Gasteiger partial charge in [0.2, 0.25) is 21.9 Å². The van der Waals surface area contributed by atoms with Crippen molar-refractivity contribution in [2.24, 2.45) is 0 Å². The molecule has 0 aliphatic heterocycles. The van der Waals surface area contributed by atoms with E-state index < -0.39 is 47.0 Å². The molecule has 0 spiro atoms. The molecule has 33 heavy (non-hydrogen) atoms. The van der Waals surface area contributed by atoms with Gasteiger partial charge in [0.1, 0.15) is 11.7 Å². The van der Waals surface area contributed by atoms with Crippen molar-refractivity contribution in [2.75, 3.05) is 5.32 Å². The van der Waals surface area contributed by atoms with Crippen molar-refractivity contribution in [3.8, 4) is 18.2 Å². The number of nitrogens with zero attached hydrogens (tertiary/aromatic N) is 2. The normalized spacial score (nSPS) is 22.7. The third-order valence-corrected chi connectivity index (χ3v) is 7.21. The highest BCUT2D eigenvalue weighted by Crippen LogP contribution is 2.38. The Kier molecular flexibility index (Phi) is 6.52. The van der Waals surface area contributed by atoms with Gasteiger partial charge in [-0.15, -0.1) is 6.42 Å². The lowest BCUT2D eigenvalue weighted by molar-refractivity contribution is -0.0876. The minimum absolute atomic E-state index is 0.0397. The van der Waals surface area contributed by atoms with Crippen molar-refractivity contribution in [3.05, 3.63) is 36.0 Å². The van der Waals surface area contributed by atoms with Gasteiger partial charge < -0.3 is 15.2 Å². The Labute approximate surface area is 190 Å². The first-order valence-electron chi connectivity index (χ1n) is 10.6. The van der Waals surface area contributed by atoms with Gasteiger partial charge in [-0.3, -0.25) is 0 Å². The number of aliphatic hydroxyl groups is 1. The quantitative estimate of drug-likeness (QED) is 0.525. The van der Waals surface area contributed by atoms with E-state index in [2.05, 4.69) is 25.9 Å². The fourth-order valence-corrected chi connectivity index (χ4v) is 5.09. The summed E-state index contributed by atoms with van der Waals surface area (Å²) in [7, 11) is -3.91. The molecule has 2 aromatic rings. The van der Waals surface area contributed by atoms with Crippen LogP contribution in [0.5, 0.6) is 5.88 Å². The Morgan fingerprint density at radius 3 is 2.52 bits per heavy atom. The summed E-state index contributed by atoms with van der Waals surface area (Å²) < 4.78 is 58.9. The topological polar surface area (TPSA) is 113 Å². The van der Waals surface area contributed by atoms with E-state index in [9.17, 15) is 22.3 Å². The summed E-state index contributed by atoms with van der Waals surface area (Å²) in [6.45, 7) is 0. The van der Waals surface area contributed by atoms with Gasteiger partial charge in [0.15, 0.2) is 0 Å². The van der Waals surface area contributed by atoms with Gasteiger partial charge in [-0.2, -0.15) is 4.98 Å². The van der Waals surface area contributed by atoms with E-state index in [0.717, 1.165) is 12.8 Å². The zero-order valence-corrected chi connectivity index (χ0v) is 18.5. The van der Waals surface area contributed by atoms with E-state index in [0.29, 0.717) is 24.1 Å². The zero-order valence-electron chi connectivity index (χ0n) is 17.7. The number of halogens is 2. The zero-order chi connectivity index (χ0) is 23.6. The van der Waals surface area contributed by atoms with Crippen LogP contribution in [0.25, 0.3) is 0 Å². The van der Waals surface area contributed by atoms with Crippen LogP contribution >= 0.6 is 0 Å². The third kappa shape index (κ3) is 5.58. The lowest BCUT2D eigenvalue weighted by Gasteiger charge is -2.34. The van der Waals surface area contributed by atoms with Crippen LogP contribution in [-0.2, 0) is 10.0 Å². The molecule has 3 N–H and O–H groups in total. The fraction of sp³-hybridized carbons (Fsp3) is 0.455. The van der Waals surface area contributed by atoms with Gasteiger partial charge in [0, 0.05) is 24.6 Å². The number of rotatable bonds is 7. The molecule has 0 saturated heterocycles. The summed E-state index contributed by atoms with van der Waals surface area (Å²) in [6.07, 6.45) is 8.17. The predicted octanol–water partition coefficient (Wildman–Crippen LogP) is 2.96. The number of anilines is 2. The van der Waals surface area contributed by atoms with E-state index in [1.807, 2.05) is 0 Å². The van der Waals surface area contributed by atoms with Crippen LogP contribution in [0.4, 0.5) is 20.4 Å². The molecular weight excluding hydrogens is 454 g/mol. The molecule has 2 aliphatic carbocycles. The van der Waals surface area contributed by atoms with Crippen molar-refractivity contribution in [2.45, 2.75) is 67.6 Å². The standard InChI is InChI=1S/C22H24F2N4O4S/c1-2-14-13-25-21(27-20(14)32-19-6-4-3-5-18(19)29)26-15-7-9-17(10-8-15)33(30,31)28-16-11-22(23,24)12-16/h1,7-10,13,16,18-19,28-29H,3-6,11-12H2,(H,25,26,27). The molecule has 0 bridgehead atoms. The maximum absolute atomic E-state index is 13.0. The Morgan fingerprint density at radius 2 is 1.88 bits per heavy atom. The maximum atomic E-state index is 13.0. The van der Waals surface area contributed by atoms with Gasteiger partial charge in [-0.05, 0) is 43.5 Å². The number of alkyl halides is 2. The molecule has 2 unspecified atom stereocenters. The first kappa shape index (κ1) is 23.4. The average Bonchev–Trinajstić information content (AvgIpc) is 2.74. The van der Waals surface area contributed by atoms with Crippen LogP contribution in [0.3, 0.4) is 0 Å². The molecular formula is C22H24F2N4O4S. The van der Waals surface area contributed by atoms with E-state index in [-0.39, 0.29) is 16.7 Å². The first-order chi connectivity index (χ1) is 15.6. The largest absolute Gasteiger partial charge is 0.471 e. The van der Waals surface area contributed by atoms with Gasteiger partial charge >= 0.3 is 0 Å². The SMILES string of the molecule is C#Cc1cnc(Nc2ccc(S(=O)(=O)NC3CC(F)(F)C3)cc2)nc1OC1CCCCC1O. The second-order valence-corrected chi connectivity index (χ2v) is 10.0. The highest BCUT2D eigenvalue weighted by Gasteiger charge is 2.46. The Hall–Kier alpha value is -2.81. The summed E-state index contributed by atoms with van der Waals surface area (Å²) in [4.78, 5) is 8.42. The number of terminal acetylenes is 1. The Balaban J connectivity index is 1.44. The van der Waals surface area contributed by atoms with Crippen LogP contribution in [0.15, 0.2) is 35.4 Å². The molecule has 1 aromatic carbocycles. The number of hydrogen-bond acceptors (Lipinski definition) is 7. The molecule has 1 aromatic heterocycles. The van der Waals surface area contributed by atoms with Gasteiger partial charge in [0.25, 0.3) is 5.92 Å². The number of hydrogen-bond donors (Lipinski definition) is 3. The number of sulfonamides is 1. The van der Waals surface area contributed by atoms with Crippen LogP contribution in [-0.4, -0.2) is 47.7 Å². The molecule has 1 heterocycles. The van der Waals surface area contributed by atoms with Crippen molar-refractivity contribution in [1.82, 2.24) is 14.7 Å². The molecule has 8 nitrogen and oxygen atoms in total. The van der Waals surface area contributed by atoms with E-state index in [1.54, 1.807) is 0 Å². The molecule has 11 heteroatoms. The van der Waals surface area contributed by atoms with Crippen LogP contribution in [0.2, 0.25) is 0 Å². The highest BCUT2D eigenvalue weighted by molar-refractivity contribution is 7.89. The van der Waals surface area contributed by atoms with Crippen molar-refractivity contribution in [1.29, 1.82) is 0 Å². The predicted molar refractivity (Wildman–Crippen MR) is 117 cm³/mol.